The second kappa shape index (κ2) is 10.0. The molecule has 4 rings (SSSR count). The van der Waals surface area contributed by atoms with Crippen molar-refractivity contribution in [3.63, 3.8) is 0 Å². The van der Waals surface area contributed by atoms with Crippen molar-refractivity contribution >= 4 is 17.4 Å². The van der Waals surface area contributed by atoms with Gasteiger partial charge < -0.3 is 15.8 Å². The summed E-state index contributed by atoms with van der Waals surface area (Å²) in [5, 5.41) is 9.52. The number of hydrogen-bond acceptors (Lipinski definition) is 7. The van der Waals surface area contributed by atoms with Crippen molar-refractivity contribution in [1.82, 2.24) is 20.3 Å². The Hall–Kier alpha value is -3.78. The largest absolute Gasteiger partial charge is 0.382 e. The molecular weight excluding hydrogens is 404 g/mol. The van der Waals surface area contributed by atoms with Gasteiger partial charge in [-0.15, -0.1) is 0 Å². The van der Waals surface area contributed by atoms with Gasteiger partial charge >= 0.3 is 0 Å². The van der Waals surface area contributed by atoms with E-state index in [1.165, 1.54) is 0 Å². The predicted octanol–water partition coefficient (Wildman–Crippen LogP) is 2.71. The van der Waals surface area contributed by atoms with Crippen LogP contribution < -0.4 is 11.1 Å². The molecule has 0 saturated carbocycles. The molecule has 3 N–H and O–H groups in total. The first-order valence-electron chi connectivity index (χ1n) is 10.5. The molecule has 3 aromatic rings. The highest BCUT2D eigenvalue weighted by Crippen LogP contribution is 2.20. The molecule has 1 aliphatic heterocycles. The summed E-state index contributed by atoms with van der Waals surface area (Å²) in [7, 11) is 0. The van der Waals surface area contributed by atoms with E-state index in [1.54, 1.807) is 18.3 Å². The molecule has 1 amide bonds. The summed E-state index contributed by atoms with van der Waals surface area (Å²) < 4.78 is 5.36. The van der Waals surface area contributed by atoms with E-state index in [-0.39, 0.29) is 5.91 Å². The molecule has 0 unspecified atom stereocenters. The standard InChI is InChI=1S/C24H26N6O2/c1-17(29-30-10-12-32-13-11-30)22-23(25)26-16-21(28-22)19-8-5-9-20(14-19)24(31)27-15-18-6-3-2-4-7-18/h2-9,14,16H,10-13,15H2,1H3,(H2,25,26)(H,27,31)/b29-17+. The zero-order valence-electron chi connectivity index (χ0n) is 18.0. The molecule has 1 aromatic heterocycles. The van der Waals surface area contributed by atoms with Crippen LogP contribution in [0.25, 0.3) is 11.3 Å². The number of nitrogens with zero attached hydrogens (tertiary/aromatic N) is 4. The van der Waals surface area contributed by atoms with Crippen LogP contribution in [0.2, 0.25) is 0 Å². The van der Waals surface area contributed by atoms with E-state index in [0.29, 0.717) is 48.2 Å². The van der Waals surface area contributed by atoms with E-state index in [1.807, 2.05) is 54.4 Å². The Bertz CT molecular complexity index is 1110. The number of anilines is 1. The predicted molar refractivity (Wildman–Crippen MR) is 124 cm³/mol. The van der Waals surface area contributed by atoms with Crippen LogP contribution in [0.15, 0.2) is 65.9 Å². The van der Waals surface area contributed by atoms with Gasteiger partial charge in [-0.3, -0.25) is 9.80 Å². The molecular formula is C24H26N6O2. The molecule has 2 aromatic carbocycles. The topological polar surface area (TPSA) is 106 Å². The molecule has 8 nitrogen and oxygen atoms in total. The number of nitrogens with one attached hydrogen (secondary N) is 1. The van der Waals surface area contributed by atoms with E-state index < -0.39 is 0 Å². The van der Waals surface area contributed by atoms with Crippen molar-refractivity contribution in [3.05, 3.63) is 77.6 Å². The molecule has 32 heavy (non-hydrogen) atoms. The summed E-state index contributed by atoms with van der Waals surface area (Å²) in [6.45, 7) is 5.09. The quantitative estimate of drug-likeness (QED) is 0.583. The third kappa shape index (κ3) is 5.28. The normalized spacial score (nSPS) is 14.3. The van der Waals surface area contributed by atoms with Gasteiger partial charge in [-0.2, -0.15) is 5.10 Å². The third-order valence-electron chi connectivity index (χ3n) is 5.14. The zero-order valence-corrected chi connectivity index (χ0v) is 18.0. The second-order valence-corrected chi connectivity index (χ2v) is 7.49. The lowest BCUT2D eigenvalue weighted by Gasteiger charge is -2.24. The van der Waals surface area contributed by atoms with Crippen LogP contribution >= 0.6 is 0 Å². The van der Waals surface area contributed by atoms with Gasteiger partial charge in [0, 0.05) is 17.7 Å². The molecule has 2 heterocycles. The number of nitrogens with two attached hydrogens (primary N) is 1. The first-order chi connectivity index (χ1) is 15.6. The fourth-order valence-corrected chi connectivity index (χ4v) is 3.42. The van der Waals surface area contributed by atoms with Crippen LogP contribution in [0.5, 0.6) is 0 Å². The van der Waals surface area contributed by atoms with Gasteiger partial charge in [-0.05, 0) is 24.6 Å². The fourth-order valence-electron chi connectivity index (χ4n) is 3.42. The summed E-state index contributed by atoms with van der Waals surface area (Å²) in [5.74, 6) is 0.171. The third-order valence-corrected chi connectivity index (χ3v) is 5.14. The number of morpholine rings is 1. The molecule has 1 fully saturated rings. The van der Waals surface area contributed by atoms with E-state index in [2.05, 4.69) is 15.4 Å². The lowest BCUT2D eigenvalue weighted by molar-refractivity contribution is 0.0393. The summed E-state index contributed by atoms with van der Waals surface area (Å²) >= 11 is 0. The van der Waals surface area contributed by atoms with Crippen LogP contribution in [-0.2, 0) is 11.3 Å². The highest BCUT2D eigenvalue weighted by Gasteiger charge is 2.14. The van der Waals surface area contributed by atoms with Gasteiger partial charge in [-0.1, -0.05) is 42.5 Å². The number of carbonyl (C=O) groups is 1. The van der Waals surface area contributed by atoms with Crippen LogP contribution in [-0.4, -0.2) is 52.9 Å². The van der Waals surface area contributed by atoms with E-state index in [0.717, 1.165) is 24.2 Å². The Kier molecular flexibility index (Phi) is 6.72. The summed E-state index contributed by atoms with van der Waals surface area (Å²) in [5.41, 5.74) is 10.3. The summed E-state index contributed by atoms with van der Waals surface area (Å²) in [6.07, 6.45) is 1.61. The first kappa shape index (κ1) is 21.5. The lowest BCUT2D eigenvalue weighted by Crippen LogP contribution is -2.33. The van der Waals surface area contributed by atoms with Crippen molar-refractivity contribution < 1.29 is 9.53 Å². The number of rotatable bonds is 6. The highest BCUT2D eigenvalue weighted by molar-refractivity contribution is 6.01. The zero-order chi connectivity index (χ0) is 22.3. The molecule has 1 saturated heterocycles. The van der Waals surface area contributed by atoms with E-state index in [4.69, 9.17) is 15.5 Å². The summed E-state index contributed by atoms with van der Waals surface area (Å²) in [4.78, 5) is 21.7. The van der Waals surface area contributed by atoms with Gasteiger partial charge in [-0.25, -0.2) is 9.97 Å². The number of hydrogen-bond donors (Lipinski definition) is 2. The lowest BCUT2D eigenvalue weighted by atomic mass is 10.1. The molecule has 0 aliphatic carbocycles. The molecule has 0 bridgehead atoms. The van der Waals surface area contributed by atoms with Crippen molar-refractivity contribution in [3.8, 4) is 11.3 Å². The van der Waals surface area contributed by atoms with Crippen LogP contribution in [0.4, 0.5) is 5.82 Å². The number of amides is 1. The fraction of sp³-hybridized carbons (Fsp3) is 0.250. The van der Waals surface area contributed by atoms with Gasteiger partial charge in [0.15, 0.2) is 5.82 Å². The minimum Gasteiger partial charge on any atom is -0.382 e. The number of benzene rings is 2. The maximum atomic E-state index is 12.7. The van der Waals surface area contributed by atoms with E-state index >= 15 is 0 Å². The van der Waals surface area contributed by atoms with Crippen molar-refractivity contribution in [2.24, 2.45) is 5.10 Å². The van der Waals surface area contributed by atoms with Gasteiger partial charge in [0.05, 0.1) is 43.9 Å². The molecule has 8 heteroatoms. The van der Waals surface area contributed by atoms with Crippen LogP contribution in [0.1, 0.15) is 28.5 Å². The maximum absolute atomic E-state index is 12.7. The number of hydrazone groups is 1. The smallest absolute Gasteiger partial charge is 0.251 e. The Balaban J connectivity index is 1.53. The number of carbonyl (C=O) groups excluding carboxylic acids is 1. The Morgan fingerprint density at radius 2 is 1.94 bits per heavy atom. The SMILES string of the molecule is C/C(=N\N1CCOCC1)c1nc(-c2cccc(C(=O)NCc3ccccc3)c2)cnc1N. The number of ether oxygens (including phenoxy) is 1. The first-order valence-corrected chi connectivity index (χ1v) is 10.5. The Morgan fingerprint density at radius 1 is 1.16 bits per heavy atom. The maximum Gasteiger partial charge on any atom is 0.251 e. The number of aromatic nitrogens is 2. The Labute approximate surface area is 187 Å². The molecule has 0 spiro atoms. The number of nitrogen functional groups attached to an aromatic ring is 1. The Morgan fingerprint density at radius 3 is 2.72 bits per heavy atom. The average Bonchev–Trinajstić information content (AvgIpc) is 2.84. The minimum atomic E-state index is -0.149. The van der Waals surface area contributed by atoms with Crippen LogP contribution in [0, 0.1) is 0 Å². The van der Waals surface area contributed by atoms with Crippen LogP contribution in [0.3, 0.4) is 0 Å². The second-order valence-electron chi connectivity index (χ2n) is 7.49. The highest BCUT2D eigenvalue weighted by atomic mass is 16.5. The van der Waals surface area contributed by atoms with Gasteiger partial charge in [0.25, 0.3) is 5.91 Å². The van der Waals surface area contributed by atoms with Crippen molar-refractivity contribution in [1.29, 1.82) is 0 Å². The summed E-state index contributed by atoms with van der Waals surface area (Å²) in [6, 6.07) is 17.1. The molecule has 0 radical (unpaired) electrons. The van der Waals surface area contributed by atoms with Crippen molar-refractivity contribution in [2.75, 3.05) is 32.0 Å². The minimum absolute atomic E-state index is 0.149. The van der Waals surface area contributed by atoms with Crippen molar-refractivity contribution in [2.45, 2.75) is 13.5 Å². The van der Waals surface area contributed by atoms with Gasteiger partial charge in [0.1, 0.15) is 5.69 Å². The van der Waals surface area contributed by atoms with Gasteiger partial charge in [0.2, 0.25) is 0 Å². The monoisotopic (exact) mass is 430 g/mol. The molecule has 164 valence electrons. The molecule has 0 atom stereocenters. The average molecular weight is 431 g/mol. The molecule has 1 aliphatic rings. The van der Waals surface area contributed by atoms with E-state index in [9.17, 15) is 4.79 Å².